The van der Waals surface area contributed by atoms with E-state index in [4.69, 9.17) is 10.5 Å². The lowest BCUT2D eigenvalue weighted by molar-refractivity contribution is 0.122. The van der Waals surface area contributed by atoms with Crippen molar-refractivity contribution in [1.29, 1.82) is 0 Å². The van der Waals surface area contributed by atoms with Gasteiger partial charge in [0.2, 0.25) is 5.95 Å². The second-order valence-corrected chi connectivity index (χ2v) is 5.78. The van der Waals surface area contributed by atoms with Gasteiger partial charge in [-0.2, -0.15) is 10.1 Å². The predicted octanol–water partition coefficient (Wildman–Crippen LogP) is 1.73. The maximum atomic E-state index is 14.4. The Balaban J connectivity index is 1.98. The number of aryl methyl sites for hydroxylation is 1. The molecule has 1 aliphatic heterocycles. The van der Waals surface area contributed by atoms with Gasteiger partial charge in [0.15, 0.2) is 17.3 Å². The van der Waals surface area contributed by atoms with E-state index in [0.717, 1.165) is 6.07 Å². The molecule has 0 atom stereocenters. The number of rotatable bonds is 2. The third-order valence-electron chi connectivity index (χ3n) is 4.23. The average Bonchev–Trinajstić information content (AvgIpc) is 2.92. The van der Waals surface area contributed by atoms with Gasteiger partial charge in [0.05, 0.1) is 24.3 Å². The molecule has 0 aliphatic carbocycles. The Labute approximate surface area is 142 Å². The van der Waals surface area contributed by atoms with Gasteiger partial charge in [-0.05, 0) is 12.1 Å². The topological polar surface area (TPSA) is 82.1 Å². The first-order valence-electron chi connectivity index (χ1n) is 7.83. The first-order chi connectivity index (χ1) is 12.1. The fourth-order valence-corrected chi connectivity index (χ4v) is 2.89. The molecular weight excluding hydrogens is 330 g/mol. The second kappa shape index (κ2) is 5.92. The fraction of sp³-hybridized carbons (Fsp3) is 0.312. The summed E-state index contributed by atoms with van der Waals surface area (Å²) in [6.45, 7) is 2.32. The van der Waals surface area contributed by atoms with Crippen molar-refractivity contribution in [1.82, 2.24) is 19.7 Å². The van der Waals surface area contributed by atoms with Gasteiger partial charge in [-0.15, -0.1) is 0 Å². The molecule has 9 heteroatoms. The van der Waals surface area contributed by atoms with Crippen molar-refractivity contribution in [3.8, 4) is 11.3 Å². The molecule has 2 aromatic heterocycles. The van der Waals surface area contributed by atoms with E-state index in [2.05, 4.69) is 15.1 Å². The van der Waals surface area contributed by atoms with E-state index in [1.54, 1.807) is 7.05 Å². The Morgan fingerprint density at radius 3 is 2.68 bits per heavy atom. The van der Waals surface area contributed by atoms with Gasteiger partial charge in [-0.25, -0.2) is 13.8 Å². The van der Waals surface area contributed by atoms with Crippen LogP contribution in [0.15, 0.2) is 18.2 Å². The molecule has 0 unspecified atom stereocenters. The molecule has 4 rings (SSSR count). The van der Waals surface area contributed by atoms with Crippen molar-refractivity contribution in [2.45, 2.75) is 0 Å². The molecule has 130 valence electrons. The number of halogens is 2. The summed E-state index contributed by atoms with van der Waals surface area (Å²) < 4.78 is 34.9. The van der Waals surface area contributed by atoms with Crippen LogP contribution >= 0.6 is 0 Å². The molecule has 0 spiro atoms. The number of nitrogens with two attached hydrogens (primary N) is 1. The van der Waals surface area contributed by atoms with Crippen LogP contribution in [0.4, 0.5) is 20.5 Å². The quantitative estimate of drug-likeness (QED) is 0.761. The molecular formula is C16H16F2N6O. The van der Waals surface area contributed by atoms with Crippen LogP contribution in [0.3, 0.4) is 0 Å². The first-order valence-corrected chi connectivity index (χ1v) is 7.83. The third kappa shape index (κ3) is 2.56. The first kappa shape index (κ1) is 15.7. The summed E-state index contributed by atoms with van der Waals surface area (Å²) in [5, 5.41) is 4.68. The van der Waals surface area contributed by atoms with E-state index in [-0.39, 0.29) is 11.3 Å². The molecule has 0 saturated carbocycles. The number of hydrogen-bond donors (Lipinski definition) is 1. The molecule has 7 nitrogen and oxygen atoms in total. The van der Waals surface area contributed by atoms with Crippen LogP contribution in [0.1, 0.15) is 0 Å². The molecule has 3 heterocycles. The zero-order valence-electron chi connectivity index (χ0n) is 13.5. The third-order valence-corrected chi connectivity index (χ3v) is 4.23. The maximum Gasteiger partial charge on any atom is 0.228 e. The lowest BCUT2D eigenvalue weighted by atomic mass is 10.1. The Hall–Kier alpha value is -2.81. The average molecular weight is 346 g/mol. The highest BCUT2D eigenvalue weighted by molar-refractivity contribution is 5.99. The molecule has 0 radical (unpaired) electrons. The summed E-state index contributed by atoms with van der Waals surface area (Å²) in [6, 6.07) is 3.96. The normalized spacial score (nSPS) is 15.1. The summed E-state index contributed by atoms with van der Waals surface area (Å²) >= 11 is 0. The molecule has 3 aromatic rings. The van der Waals surface area contributed by atoms with Crippen LogP contribution in [0.2, 0.25) is 0 Å². The van der Waals surface area contributed by atoms with Gasteiger partial charge in [0.1, 0.15) is 5.82 Å². The van der Waals surface area contributed by atoms with Gasteiger partial charge >= 0.3 is 0 Å². The number of fused-ring (bicyclic) bond motifs is 1. The summed E-state index contributed by atoms with van der Waals surface area (Å²) in [5.41, 5.74) is 6.67. The van der Waals surface area contributed by atoms with Gasteiger partial charge in [0, 0.05) is 25.7 Å². The zero-order chi connectivity index (χ0) is 17.6. The highest BCUT2D eigenvalue weighted by Crippen LogP contribution is 2.33. The molecule has 25 heavy (non-hydrogen) atoms. The lowest BCUT2D eigenvalue weighted by Gasteiger charge is -2.27. The van der Waals surface area contributed by atoms with E-state index < -0.39 is 11.6 Å². The smallest absolute Gasteiger partial charge is 0.228 e. The van der Waals surface area contributed by atoms with E-state index in [1.807, 2.05) is 4.90 Å². The van der Waals surface area contributed by atoms with Gasteiger partial charge < -0.3 is 15.4 Å². The van der Waals surface area contributed by atoms with Crippen molar-refractivity contribution in [2.24, 2.45) is 7.05 Å². The van der Waals surface area contributed by atoms with Crippen molar-refractivity contribution in [3.63, 3.8) is 0 Å². The molecule has 1 saturated heterocycles. The van der Waals surface area contributed by atoms with Crippen LogP contribution < -0.4 is 10.6 Å². The number of benzene rings is 1. The summed E-state index contributed by atoms with van der Waals surface area (Å²) in [7, 11) is 1.66. The number of nitrogen functional groups attached to an aromatic ring is 1. The number of ether oxygens (including phenoxy) is 1. The Morgan fingerprint density at radius 2 is 1.92 bits per heavy atom. The van der Waals surface area contributed by atoms with Crippen LogP contribution in [-0.2, 0) is 11.8 Å². The second-order valence-electron chi connectivity index (χ2n) is 5.78. The van der Waals surface area contributed by atoms with Crippen LogP contribution in [0.25, 0.3) is 22.3 Å². The maximum absolute atomic E-state index is 14.4. The lowest BCUT2D eigenvalue weighted by Crippen LogP contribution is -2.37. The number of nitrogens with zero attached hydrogens (tertiary/aromatic N) is 5. The van der Waals surface area contributed by atoms with Crippen molar-refractivity contribution in [2.75, 3.05) is 36.9 Å². The Bertz CT molecular complexity index is 951. The predicted molar refractivity (Wildman–Crippen MR) is 89.1 cm³/mol. The number of hydrogen-bond acceptors (Lipinski definition) is 6. The fourth-order valence-electron chi connectivity index (χ4n) is 2.89. The van der Waals surface area contributed by atoms with Crippen molar-refractivity contribution in [3.05, 3.63) is 29.8 Å². The molecule has 2 N–H and O–H groups in total. The van der Waals surface area contributed by atoms with Gasteiger partial charge in [-0.1, -0.05) is 6.07 Å². The summed E-state index contributed by atoms with van der Waals surface area (Å²) in [6.07, 6.45) is 0. The minimum Gasteiger partial charge on any atom is -0.383 e. The zero-order valence-corrected chi connectivity index (χ0v) is 13.5. The van der Waals surface area contributed by atoms with E-state index in [9.17, 15) is 8.78 Å². The number of aromatic nitrogens is 4. The highest BCUT2D eigenvalue weighted by Gasteiger charge is 2.23. The standard InChI is InChI=1S/C16H16F2N6O/c1-23-14(19)11-13(9-3-2-4-10(17)12(9)18)20-16(21-15(11)22-23)24-5-7-25-8-6-24/h2-4H,5-8,19H2,1H3. The van der Waals surface area contributed by atoms with E-state index in [1.165, 1.54) is 16.8 Å². The molecule has 0 amide bonds. The summed E-state index contributed by atoms with van der Waals surface area (Å²) in [5.74, 6) is -1.23. The van der Waals surface area contributed by atoms with Crippen LogP contribution in [0, 0.1) is 11.6 Å². The molecule has 1 fully saturated rings. The SMILES string of the molecule is Cn1nc2nc(N3CCOCC3)nc(-c3cccc(F)c3F)c2c1N. The number of anilines is 2. The Morgan fingerprint density at radius 1 is 1.16 bits per heavy atom. The molecule has 1 aromatic carbocycles. The molecule has 0 bridgehead atoms. The largest absolute Gasteiger partial charge is 0.383 e. The minimum atomic E-state index is -0.973. The van der Waals surface area contributed by atoms with E-state index >= 15 is 0 Å². The summed E-state index contributed by atoms with van der Waals surface area (Å²) in [4.78, 5) is 10.9. The highest BCUT2D eigenvalue weighted by atomic mass is 19.2. The van der Waals surface area contributed by atoms with Crippen molar-refractivity contribution >= 4 is 22.8 Å². The van der Waals surface area contributed by atoms with Gasteiger partial charge in [-0.3, -0.25) is 4.68 Å². The van der Waals surface area contributed by atoms with Crippen LogP contribution in [0.5, 0.6) is 0 Å². The number of morpholine rings is 1. The Kier molecular flexibility index (Phi) is 3.72. The van der Waals surface area contributed by atoms with Gasteiger partial charge in [0.25, 0.3) is 0 Å². The van der Waals surface area contributed by atoms with Crippen molar-refractivity contribution < 1.29 is 13.5 Å². The minimum absolute atomic E-state index is 0.0293. The van der Waals surface area contributed by atoms with E-state index in [0.29, 0.717) is 49.1 Å². The monoisotopic (exact) mass is 346 g/mol. The molecule has 1 aliphatic rings. The van der Waals surface area contributed by atoms with Crippen LogP contribution in [-0.4, -0.2) is 46.1 Å².